The molecule has 0 aliphatic carbocycles. The molecule has 2 amide bonds. The molecule has 2 aromatic heterocycles. The molecule has 47 heavy (non-hydrogen) atoms. The number of nitrogens with one attached hydrogen (secondary N) is 1. The lowest BCUT2D eigenvalue weighted by atomic mass is 9.94. The van der Waals surface area contributed by atoms with Crippen molar-refractivity contribution in [2.45, 2.75) is 44.6 Å². The van der Waals surface area contributed by atoms with Crippen molar-refractivity contribution in [3.8, 4) is 17.1 Å². The number of piperidine rings is 1. The molecular weight excluding hydrogens is 584 g/mol. The van der Waals surface area contributed by atoms with Gasteiger partial charge in [-0.3, -0.25) is 14.2 Å². The molecule has 2 aliphatic rings. The zero-order valence-corrected chi connectivity index (χ0v) is 26.3. The number of hydrogen-bond acceptors (Lipinski definition) is 4. The van der Waals surface area contributed by atoms with Gasteiger partial charge in [0.2, 0.25) is 11.8 Å². The highest BCUT2D eigenvalue weighted by Gasteiger charge is 2.40. The summed E-state index contributed by atoms with van der Waals surface area (Å²) in [7, 11) is 0. The number of fused-ring (bicyclic) bond motifs is 4. The molecule has 6 aromatic rings. The quantitative estimate of drug-likeness (QED) is 0.214. The van der Waals surface area contributed by atoms with Gasteiger partial charge in [0.1, 0.15) is 12.5 Å². The van der Waals surface area contributed by atoms with Crippen molar-refractivity contribution in [3.63, 3.8) is 0 Å². The Morgan fingerprint density at radius 3 is 2.43 bits per heavy atom. The van der Waals surface area contributed by atoms with Gasteiger partial charge in [-0.1, -0.05) is 90.5 Å². The number of aromatic nitrogens is 4. The smallest absolute Gasteiger partial charge is 0.243 e. The molecule has 1 fully saturated rings. The van der Waals surface area contributed by atoms with Crippen LogP contribution in [0.4, 0.5) is 5.69 Å². The summed E-state index contributed by atoms with van der Waals surface area (Å²) in [6, 6.07) is 34.3. The second kappa shape index (κ2) is 12.0. The SMILES string of the molecule is Cc1ccc(C2CCCCN2C(=O)CN2C(=O)C(Cc3c[nH]c4ccccc34)c3nnc(-c4ccccc4)n3-c3ccccc32)cc1. The van der Waals surface area contributed by atoms with E-state index in [1.165, 1.54) is 5.56 Å². The fourth-order valence-electron chi connectivity index (χ4n) is 7.29. The largest absolute Gasteiger partial charge is 0.361 e. The topological polar surface area (TPSA) is 87.1 Å². The molecule has 4 aromatic carbocycles. The lowest BCUT2D eigenvalue weighted by Gasteiger charge is -2.37. The fourth-order valence-corrected chi connectivity index (χ4v) is 7.29. The molecule has 1 N–H and O–H groups in total. The predicted octanol–water partition coefficient (Wildman–Crippen LogP) is 7.15. The number of carbonyl (C=O) groups excluding carboxylic acids is 2. The maximum atomic E-state index is 15.0. The minimum atomic E-state index is -0.673. The molecule has 2 aliphatic heterocycles. The molecule has 4 heterocycles. The number of aromatic amines is 1. The van der Waals surface area contributed by atoms with Crippen LogP contribution in [0.15, 0.2) is 109 Å². The molecule has 2 unspecified atom stereocenters. The summed E-state index contributed by atoms with van der Waals surface area (Å²) >= 11 is 0. The molecule has 8 heteroatoms. The van der Waals surface area contributed by atoms with E-state index in [1.54, 1.807) is 4.90 Å². The van der Waals surface area contributed by atoms with E-state index < -0.39 is 5.92 Å². The van der Waals surface area contributed by atoms with Gasteiger partial charge >= 0.3 is 0 Å². The summed E-state index contributed by atoms with van der Waals surface area (Å²) in [4.78, 5) is 36.4. The Kier molecular flexibility index (Phi) is 7.40. The first-order chi connectivity index (χ1) is 23.1. The van der Waals surface area contributed by atoms with Crippen LogP contribution in [0.2, 0.25) is 0 Å². The van der Waals surface area contributed by atoms with Crippen molar-refractivity contribution < 1.29 is 9.59 Å². The minimum absolute atomic E-state index is 0.0134. The Labute approximate surface area is 273 Å². The van der Waals surface area contributed by atoms with Gasteiger partial charge in [0.15, 0.2) is 11.6 Å². The van der Waals surface area contributed by atoms with Gasteiger partial charge in [-0.25, -0.2) is 0 Å². The van der Waals surface area contributed by atoms with Gasteiger partial charge in [0.25, 0.3) is 0 Å². The number of para-hydroxylation sites is 3. The standard InChI is InChI=1S/C39H36N6O2/c1-26-18-20-27(21-19-26)33-15-9-10-22-43(33)36(46)25-44-34-16-7-8-17-35(34)45-37(28-11-3-2-4-12-28)41-42-38(45)31(39(44)47)23-29-24-40-32-14-6-5-13-30(29)32/h2-8,11-14,16-21,24,31,33,40H,9-10,15,22-23,25H2,1H3. The molecule has 0 saturated carbocycles. The van der Waals surface area contributed by atoms with Gasteiger partial charge in [0.05, 0.1) is 17.4 Å². The molecule has 0 bridgehead atoms. The average molecular weight is 621 g/mol. The number of amides is 2. The average Bonchev–Trinajstić information content (AvgIpc) is 3.72. The summed E-state index contributed by atoms with van der Waals surface area (Å²) in [6.45, 7) is 2.69. The maximum absolute atomic E-state index is 15.0. The van der Waals surface area contributed by atoms with Crippen LogP contribution in [0.3, 0.4) is 0 Å². The van der Waals surface area contributed by atoms with E-state index in [9.17, 15) is 9.59 Å². The lowest BCUT2D eigenvalue weighted by molar-refractivity contribution is -0.135. The molecule has 2 atom stereocenters. The predicted molar refractivity (Wildman–Crippen MR) is 183 cm³/mol. The number of nitrogens with zero attached hydrogens (tertiary/aromatic N) is 5. The van der Waals surface area contributed by atoms with Gasteiger partial charge in [-0.2, -0.15) is 0 Å². The second-order valence-electron chi connectivity index (χ2n) is 12.6. The Hall–Kier alpha value is -5.50. The van der Waals surface area contributed by atoms with E-state index in [0.717, 1.165) is 52.5 Å². The maximum Gasteiger partial charge on any atom is 0.243 e. The Morgan fingerprint density at radius 1 is 0.851 bits per heavy atom. The van der Waals surface area contributed by atoms with Crippen LogP contribution in [0, 0.1) is 6.92 Å². The summed E-state index contributed by atoms with van der Waals surface area (Å²) in [5.41, 5.74) is 6.72. The summed E-state index contributed by atoms with van der Waals surface area (Å²) in [6.07, 6.45) is 5.30. The van der Waals surface area contributed by atoms with Crippen LogP contribution >= 0.6 is 0 Å². The van der Waals surface area contributed by atoms with E-state index in [4.69, 9.17) is 5.10 Å². The second-order valence-corrected chi connectivity index (χ2v) is 12.6. The van der Waals surface area contributed by atoms with E-state index in [0.29, 0.717) is 30.3 Å². The first kappa shape index (κ1) is 28.9. The van der Waals surface area contributed by atoms with E-state index in [-0.39, 0.29) is 24.4 Å². The number of likely N-dealkylation sites (tertiary alicyclic amines) is 1. The van der Waals surface area contributed by atoms with Crippen molar-refractivity contribution in [2.24, 2.45) is 0 Å². The number of hydrogen-bond donors (Lipinski definition) is 1. The fraction of sp³-hybridized carbons (Fsp3) is 0.231. The van der Waals surface area contributed by atoms with Crippen LogP contribution in [0.1, 0.15) is 53.7 Å². The highest BCUT2D eigenvalue weighted by molar-refractivity contribution is 6.05. The third-order valence-corrected chi connectivity index (χ3v) is 9.69. The van der Waals surface area contributed by atoms with Crippen LogP contribution < -0.4 is 4.90 Å². The zero-order valence-electron chi connectivity index (χ0n) is 26.3. The molecule has 0 spiro atoms. The van der Waals surface area contributed by atoms with E-state index in [1.807, 2.05) is 88.5 Å². The molecule has 1 saturated heterocycles. The van der Waals surface area contributed by atoms with Gasteiger partial charge in [-0.05, 0) is 61.9 Å². The third kappa shape index (κ3) is 5.19. The number of anilines is 1. The van der Waals surface area contributed by atoms with E-state index >= 15 is 0 Å². The highest BCUT2D eigenvalue weighted by atomic mass is 16.2. The Balaban J connectivity index is 1.23. The minimum Gasteiger partial charge on any atom is -0.361 e. The summed E-state index contributed by atoms with van der Waals surface area (Å²) < 4.78 is 2.02. The Bertz CT molecular complexity index is 2080. The number of H-pyrrole nitrogens is 1. The summed E-state index contributed by atoms with van der Waals surface area (Å²) in [5.74, 6) is 0.343. The van der Waals surface area contributed by atoms with Crippen LogP contribution in [0.5, 0.6) is 0 Å². The van der Waals surface area contributed by atoms with Crippen molar-refractivity contribution in [2.75, 3.05) is 18.0 Å². The van der Waals surface area contributed by atoms with Crippen LogP contribution in [-0.4, -0.2) is 49.6 Å². The van der Waals surface area contributed by atoms with Gasteiger partial charge < -0.3 is 14.8 Å². The van der Waals surface area contributed by atoms with E-state index in [2.05, 4.69) is 47.3 Å². The highest BCUT2D eigenvalue weighted by Crippen LogP contribution is 2.40. The number of rotatable bonds is 6. The monoisotopic (exact) mass is 620 g/mol. The first-order valence-electron chi connectivity index (χ1n) is 16.4. The van der Waals surface area contributed by atoms with Crippen molar-refractivity contribution in [3.05, 3.63) is 132 Å². The Morgan fingerprint density at radius 2 is 1.60 bits per heavy atom. The van der Waals surface area contributed by atoms with Gasteiger partial charge in [-0.15, -0.1) is 10.2 Å². The molecule has 8 nitrogen and oxygen atoms in total. The summed E-state index contributed by atoms with van der Waals surface area (Å²) in [5, 5.41) is 10.4. The van der Waals surface area contributed by atoms with Crippen LogP contribution in [-0.2, 0) is 16.0 Å². The molecule has 234 valence electrons. The molecular formula is C39H36N6O2. The van der Waals surface area contributed by atoms with Gasteiger partial charge in [0, 0.05) is 29.2 Å². The third-order valence-electron chi connectivity index (χ3n) is 9.69. The molecule has 0 radical (unpaired) electrons. The molecule has 8 rings (SSSR count). The van der Waals surface area contributed by atoms with Crippen LogP contribution in [0.25, 0.3) is 28.0 Å². The number of carbonyl (C=O) groups is 2. The van der Waals surface area contributed by atoms with Crippen molar-refractivity contribution in [1.82, 2.24) is 24.6 Å². The van der Waals surface area contributed by atoms with Crippen molar-refractivity contribution >= 4 is 28.4 Å². The number of aryl methyl sites for hydroxylation is 1. The number of benzene rings is 4. The zero-order chi connectivity index (χ0) is 31.9. The normalized spacial score (nSPS) is 17.8. The first-order valence-corrected chi connectivity index (χ1v) is 16.4. The lowest BCUT2D eigenvalue weighted by Crippen LogP contribution is -2.47. The van der Waals surface area contributed by atoms with Crippen molar-refractivity contribution in [1.29, 1.82) is 0 Å².